The zero-order chi connectivity index (χ0) is 27.6. The largest absolute Gasteiger partial charge is 0.507 e. The number of aromatic nitrogens is 2. The fourth-order valence-electron chi connectivity index (χ4n) is 5.18. The van der Waals surface area contributed by atoms with Gasteiger partial charge in [-0.1, -0.05) is 108 Å². The molecule has 5 heteroatoms. The van der Waals surface area contributed by atoms with Crippen molar-refractivity contribution < 1.29 is 30.6 Å². The summed E-state index contributed by atoms with van der Waals surface area (Å²) in [7, 11) is 0. The first-order valence-corrected chi connectivity index (χ1v) is 13.5. The van der Waals surface area contributed by atoms with E-state index in [1.54, 1.807) is 18.2 Å². The number of phenols is 1. The van der Waals surface area contributed by atoms with E-state index in [2.05, 4.69) is 66.7 Å². The van der Waals surface area contributed by atoms with Gasteiger partial charge in [0.05, 0.1) is 11.1 Å². The standard InChI is InChI=1S/C37H25N2O2.Pt/c40-34-16-8-7-14-31(34)37-39-36-30(15-9-17-35(36)41-37)32-23-29(19-18-28(32)22-25-10-3-1-4-11-25)33-24-27(20-21-38-33)26-12-5-2-6-13-26;/h1-21,24,40H,22H2;/q-1;. The van der Waals surface area contributed by atoms with E-state index in [0.29, 0.717) is 17.0 Å². The number of phenolic OH excluding ortho intramolecular Hbond substituents is 1. The average Bonchev–Trinajstić information content (AvgIpc) is 3.47. The molecule has 0 atom stereocenters. The number of pyridine rings is 1. The predicted molar refractivity (Wildman–Crippen MR) is 163 cm³/mol. The van der Waals surface area contributed by atoms with Crippen LogP contribution in [-0.4, -0.2) is 15.1 Å². The summed E-state index contributed by atoms with van der Waals surface area (Å²) in [5, 5.41) is 10.4. The number of hydrogen-bond acceptors (Lipinski definition) is 4. The first-order chi connectivity index (χ1) is 20.2. The molecule has 0 aliphatic carbocycles. The normalized spacial score (nSPS) is 10.9. The van der Waals surface area contributed by atoms with Crippen molar-refractivity contribution in [1.29, 1.82) is 0 Å². The van der Waals surface area contributed by atoms with Crippen LogP contribution < -0.4 is 0 Å². The minimum Gasteiger partial charge on any atom is -0.507 e. The van der Waals surface area contributed by atoms with Crippen LogP contribution in [0.25, 0.3) is 56.1 Å². The molecule has 0 aliphatic heterocycles. The van der Waals surface area contributed by atoms with Crippen LogP contribution in [0.2, 0.25) is 0 Å². The molecule has 0 spiro atoms. The predicted octanol–water partition coefficient (Wildman–Crippen LogP) is 8.98. The molecule has 4 nitrogen and oxygen atoms in total. The van der Waals surface area contributed by atoms with Gasteiger partial charge in [-0.3, -0.25) is 4.98 Å². The number of hydrogen-bond donors (Lipinski definition) is 1. The monoisotopic (exact) mass is 724 g/mol. The summed E-state index contributed by atoms with van der Waals surface area (Å²) in [5.41, 5.74) is 10.1. The molecule has 0 fully saturated rings. The van der Waals surface area contributed by atoms with Crippen molar-refractivity contribution in [3.63, 3.8) is 0 Å². The summed E-state index contributed by atoms with van der Waals surface area (Å²) in [6.07, 6.45) is 2.59. The van der Waals surface area contributed by atoms with Gasteiger partial charge in [-0.15, -0.1) is 29.3 Å². The van der Waals surface area contributed by atoms with Crippen molar-refractivity contribution in [3.8, 4) is 50.7 Å². The van der Waals surface area contributed by atoms with Crippen LogP contribution in [0, 0.1) is 6.07 Å². The zero-order valence-electron chi connectivity index (χ0n) is 22.5. The Labute approximate surface area is 258 Å². The van der Waals surface area contributed by atoms with Crippen molar-refractivity contribution in [2.24, 2.45) is 0 Å². The molecule has 0 saturated carbocycles. The molecule has 42 heavy (non-hydrogen) atoms. The van der Waals surface area contributed by atoms with Gasteiger partial charge in [0.2, 0.25) is 5.89 Å². The summed E-state index contributed by atoms with van der Waals surface area (Å²) in [6, 6.07) is 45.8. The average molecular weight is 725 g/mol. The molecule has 0 radical (unpaired) electrons. The van der Waals surface area contributed by atoms with Crippen LogP contribution in [0.3, 0.4) is 0 Å². The Balaban J connectivity index is 0.00000316. The van der Waals surface area contributed by atoms with E-state index in [1.807, 2.05) is 54.7 Å². The second-order valence-corrected chi connectivity index (χ2v) is 9.92. The van der Waals surface area contributed by atoms with Gasteiger partial charge in [0.1, 0.15) is 11.3 Å². The first-order valence-electron chi connectivity index (χ1n) is 13.5. The van der Waals surface area contributed by atoms with Crippen molar-refractivity contribution in [2.45, 2.75) is 6.42 Å². The molecule has 0 unspecified atom stereocenters. The Kier molecular flexibility index (Phi) is 7.81. The maximum absolute atomic E-state index is 10.4. The molecule has 1 N–H and O–H groups in total. The van der Waals surface area contributed by atoms with E-state index in [-0.39, 0.29) is 26.8 Å². The molecule has 2 aromatic heterocycles. The van der Waals surface area contributed by atoms with Crippen LogP contribution in [0.4, 0.5) is 0 Å². The van der Waals surface area contributed by atoms with E-state index in [1.165, 1.54) is 5.56 Å². The zero-order valence-corrected chi connectivity index (χ0v) is 24.7. The van der Waals surface area contributed by atoms with Crippen LogP contribution in [0.5, 0.6) is 5.75 Å². The fourth-order valence-corrected chi connectivity index (χ4v) is 5.18. The Hall–Kier alpha value is -4.79. The first kappa shape index (κ1) is 27.4. The smallest absolute Gasteiger partial charge is 0.230 e. The number of rotatable bonds is 6. The van der Waals surface area contributed by atoms with Crippen LogP contribution in [0.1, 0.15) is 11.1 Å². The van der Waals surface area contributed by atoms with Crippen molar-refractivity contribution in [1.82, 2.24) is 9.97 Å². The molecule has 2 heterocycles. The molecule has 206 valence electrons. The maximum Gasteiger partial charge on any atom is 0.230 e. The molecule has 7 aromatic rings. The maximum atomic E-state index is 10.4. The Morgan fingerprint density at radius 2 is 1.43 bits per heavy atom. The quantitative estimate of drug-likeness (QED) is 0.174. The van der Waals surface area contributed by atoms with Gasteiger partial charge in [0.25, 0.3) is 0 Å². The van der Waals surface area contributed by atoms with Gasteiger partial charge >= 0.3 is 0 Å². The van der Waals surface area contributed by atoms with E-state index < -0.39 is 0 Å². The summed E-state index contributed by atoms with van der Waals surface area (Å²) < 4.78 is 6.14. The molecule has 7 rings (SSSR count). The van der Waals surface area contributed by atoms with Gasteiger partial charge in [0, 0.05) is 33.0 Å². The van der Waals surface area contributed by atoms with Crippen molar-refractivity contribution >= 4 is 11.1 Å². The van der Waals surface area contributed by atoms with Crippen LogP contribution >= 0.6 is 0 Å². The number of fused-ring (bicyclic) bond motifs is 1. The van der Waals surface area contributed by atoms with Crippen LogP contribution in [0.15, 0.2) is 138 Å². The second-order valence-electron chi connectivity index (χ2n) is 9.92. The molecular formula is C37H25N2O2Pt-. The molecule has 0 bridgehead atoms. The fraction of sp³-hybridized carbons (Fsp3) is 0.0270. The number of oxazole rings is 1. The second kappa shape index (κ2) is 12.0. The number of aromatic hydroxyl groups is 1. The minimum atomic E-state index is 0. The van der Waals surface area contributed by atoms with Gasteiger partial charge in [-0.2, -0.15) is 0 Å². The molecule has 5 aromatic carbocycles. The Morgan fingerprint density at radius 1 is 0.690 bits per heavy atom. The number of nitrogens with zero attached hydrogens (tertiary/aromatic N) is 2. The summed E-state index contributed by atoms with van der Waals surface area (Å²) in [4.78, 5) is 9.57. The molecule has 0 saturated heterocycles. The summed E-state index contributed by atoms with van der Waals surface area (Å²) in [6.45, 7) is 0. The van der Waals surface area contributed by atoms with E-state index in [4.69, 9.17) is 14.4 Å². The van der Waals surface area contributed by atoms with E-state index >= 15 is 0 Å². The van der Waals surface area contributed by atoms with Gasteiger partial charge < -0.3 is 9.52 Å². The third-order valence-electron chi connectivity index (χ3n) is 7.24. The summed E-state index contributed by atoms with van der Waals surface area (Å²) in [5.74, 6) is 0.506. The minimum absolute atomic E-state index is 0. The Bertz CT molecular complexity index is 1990. The Morgan fingerprint density at radius 3 is 2.24 bits per heavy atom. The van der Waals surface area contributed by atoms with Gasteiger partial charge in [0.15, 0.2) is 0 Å². The summed E-state index contributed by atoms with van der Waals surface area (Å²) >= 11 is 0. The van der Waals surface area contributed by atoms with Gasteiger partial charge in [-0.25, -0.2) is 4.98 Å². The SMILES string of the molecule is Oc1ccccc1-c1nc2c(-c3[c-]c(-c4cc(-c5ccccc5)ccn4)ccc3Cc3ccccc3)cccc2o1.[Pt]. The third-order valence-corrected chi connectivity index (χ3v) is 7.24. The molecular weight excluding hydrogens is 699 g/mol. The van der Waals surface area contributed by atoms with Crippen molar-refractivity contribution in [2.75, 3.05) is 0 Å². The molecule has 0 amide bonds. The van der Waals surface area contributed by atoms with E-state index in [9.17, 15) is 5.11 Å². The third kappa shape index (κ3) is 5.42. The number of para-hydroxylation sites is 2. The topological polar surface area (TPSA) is 59.2 Å². The van der Waals surface area contributed by atoms with Crippen molar-refractivity contribution in [3.05, 3.63) is 151 Å². The number of benzene rings is 5. The van der Waals surface area contributed by atoms with Crippen LogP contribution in [-0.2, 0) is 27.5 Å². The van der Waals surface area contributed by atoms with Gasteiger partial charge in [-0.05, 0) is 41.8 Å². The molecule has 0 aliphatic rings. The van der Waals surface area contributed by atoms with E-state index in [0.717, 1.165) is 51.0 Å².